The fourth-order valence-electron chi connectivity index (χ4n) is 2.18. The molecule has 1 heterocycles. The van der Waals surface area contributed by atoms with Crippen LogP contribution in [0.25, 0.3) is 10.9 Å². The van der Waals surface area contributed by atoms with Crippen molar-refractivity contribution in [3.8, 4) is 0 Å². The molecule has 1 aromatic carbocycles. The van der Waals surface area contributed by atoms with Gasteiger partial charge in [0, 0.05) is 42.5 Å². The molecule has 19 heavy (non-hydrogen) atoms. The Bertz CT molecular complexity index is 589. The standard InChI is InChI=1S/C14H16N2O3/c1-19-10-3-2-8-16-9-7-11-12(14(17)15-18)5-4-6-13(11)16/h4-7,9H,2-3,8,10H2,1H3. The number of nitrogens with zero attached hydrogens (tertiary/aromatic N) is 2. The van der Waals surface area contributed by atoms with E-state index in [2.05, 4.69) is 9.74 Å². The summed E-state index contributed by atoms with van der Waals surface area (Å²) < 4.78 is 7.09. The first kappa shape index (κ1) is 13.4. The molecular formula is C14H16N2O3. The third-order valence-corrected chi connectivity index (χ3v) is 3.12. The highest BCUT2D eigenvalue weighted by atomic mass is 16.5. The summed E-state index contributed by atoms with van der Waals surface area (Å²) in [5.41, 5.74) is 1.31. The number of amides is 1. The van der Waals surface area contributed by atoms with Gasteiger partial charge in [0.25, 0.3) is 0 Å². The van der Waals surface area contributed by atoms with E-state index in [1.54, 1.807) is 19.2 Å². The van der Waals surface area contributed by atoms with E-state index >= 15 is 0 Å². The van der Waals surface area contributed by atoms with Crippen LogP contribution in [0.15, 0.2) is 35.6 Å². The third-order valence-electron chi connectivity index (χ3n) is 3.12. The summed E-state index contributed by atoms with van der Waals surface area (Å²) in [6.07, 6.45) is 3.92. The van der Waals surface area contributed by atoms with Gasteiger partial charge in [-0.15, -0.1) is 4.91 Å². The molecule has 5 nitrogen and oxygen atoms in total. The zero-order valence-corrected chi connectivity index (χ0v) is 10.8. The summed E-state index contributed by atoms with van der Waals surface area (Å²) in [6.45, 7) is 1.61. The maximum atomic E-state index is 11.4. The normalized spacial score (nSPS) is 10.8. The lowest BCUT2D eigenvalue weighted by molar-refractivity contribution is 0.100. The fraction of sp³-hybridized carbons (Fsp3) is 0.357. The molecule has 5 heteroatoms. The molecule has 0 bridgehead atoms. The van der Waals surface area contributed by atoms with E-state index in [4.69, 9.17) is 4.74 Å². The van der Waals surface area contributed by atoms with E-state index in [1.165, 1.54) is 0 Å². The predicted molar refractivity (Wildman–Crippen MR) is 73.2 cm³/mol. The second-order valence-corrected chi connectivity index (χ2v) is 4.34. The topological polar surface area (TPSA) is 60.7 Å². The van der Waals surface area contributed by atoms with E-state index in [0.29, 0.717) is 5.56 Å². The fourth-order valence-corrected chi connectivity index (χ4v) is 2.18. The van der Waals surface area contributed by atoms with Crippen molar-refractivity contribution >= 4 is 16.8 Å². The minimum atomic E-state index is -0.720. The molecule has 0 aliphatic heterocycles. The van der Waals surface area contributed by atoms with Crippen molar-refractivity contribution in [3.63, 3.8) is 0 Å². The van der Waals surface area contributed by atoms with Gasteiger partial charge in [-0.1, -0.05) is 6.07 Å². The number of carbonyl (C=O) groups excluding carboxylic acids is 1. The van der Waals surface area contributed by atoms with E-state index < -0.39 is 5.91 Å². The van der Waals surface area contributed by atoms with Gasteiger partial charge in [-0.25, -0.2) is 0 Å². The highest BCUT2D eigenvalue weighted by molar-refractivity contribution is 6.06. The van der Waals surface area contributed by atoms with Crippen molar-refractivity contribution in [1.82, 2.24) is 4.57 Å². The summed E-state index contributed by atoms with van der Waals surface area (Å²) in [5, 5.41) is 3.27. The number of fused-ring (bicyclic) bond motifs is 1. The summed E-state index contributed by atoms with van der Waals surface area (Å²) in [5.74, 6) is -0.720. The summed E-state index contributed by atoms with van der Waals surface area (Å²) in [4.78, 5) is 21.8. The minimum absolute atomic E-state index is 0.364. The largest absolute Gasteiger partial charge is 0.385 e. The van der Waals surface area contributed by atoms with Crippen LogP contribution in [0, 0.1) is 4.91 Å². The molecule has 0 N–H and O–H groups in total. The second-order valence-electron chi connectivity index (χ2n) is 4.34. The van der Waals surface area contributed by atoms with Gasteiger partial charge >= 0.3 is 5.91 Å². The third kappa shape index (κ3) is 2.88. The van der Waals surface area contributed by atoms with E-state index in [1.807, 2.05) is 18.3 Å². The summed E-state index contributed by atoms with van der Waals surface area (Å²) >= 11 is 0. The number of ether oxygens (including phenoxy) is 1. The molecule has 2 rings (SSSR count). The van der Waals surface area contributed by atoms with Crippen molar-refractivity contribution in [3.05, 3.63) is 40.9 Å². The van der Waals surface area contributed by atoms with Gasteiger partial charge in [-0.3, -0.25) is 4.79 Å². The van der Waals surface area contributed by atoms with Crippen LogP contribution >= 0.6 is 0 Å². The van der Waals surface area contributed by atoms with Crippen molar-refractivity contribution < 1.29 is 9.53 Å². The van der Waals surface area contributed by atoms with Gasteiger partial charge in [0.2, 0.25) is 0 Å². The first-order valence-electron chi connectivity index (χ1n) is 6.22. The Morgan fingerprint density at radius 1 is 1.32 bits per heavy atom. The van der Waals surface area contributed by atoms with E-state index in [0.717, 1.165) is 36.9 Å². The molecule has 0 aliphatic rings. The number of benzene rings is 1. The Morgan fingerprint density at radius 3 is 2.89 bits per heavy atom. The second kappa shape index (κ2) is 6.24. The number of unbranched alkanes of at least 4 members (excludes halogenated alkanes) is 1. The quantitative estimate of drug-likeness (QED) is 0.592. The summed E-state index contributed by atoms with van der Waals surface area (Å²) in [6, 6.07) is 7.19. The Balaban J connectivity index is 2.23. The lowest BCUT2D eigenvalue weighted by Gasteiger charge is -2.05. The average molecular weight is 260 g/mol. The predicted octanol–water partition coefficient (Wildman–Crippen LogP) is 2.97. The molecule has 0 radical (unpaired) electrons. The minimum Gasteiger partial charge on any atom is -0.385 e. The number of carbonyl (C=O) groups is 1. The van der Waals surface area contributed by atoms with E-state index in [-0.39, 0.29) is 0 Å². The molecular weight excluding hydrogens is 244 g/mol. The number of aryl methyl sites for hydroxylation is 1. The van der Waals surface area contributed by atoms with Crippen LogP contribution < -0.4 is 0 Å². The smallest absolute Gasteiger partial charge is 0.317 e. The highest BCUT2D eigenvalue weighted by Gasteiger charge is 2.12. The molecule has 0 unspecified atom stereocenters. The van der Waals surface area contributed by atoms with Gasteiger partial charge in [0.1, 0.15) is 0 Å². The Hall–Kier alpha value is -2.01. The summed E-state index contributed by atoms with van der Waals surface area (Å²) in [7, 11) is 1.69. The number of aromatic nitrogens is 1. The Labute approximate surface area is 111 Å². The first-order valence-corrected chi connectivity index (χ1v) is 6.22. The van der Waals surface area contributed by atoms with Crippen LogP contribution in [0.4, 0.5) is 0 Å². The Kier molecular flexibility index (Phi) is 4.41. The zero-order chi connectivity index (χ0) is 13.7. The molecule has 2 aromatic rings. The molecule has 1 aromatic heterocycles. The van der Waals surface area contributed by atoms with Crippen molar-refractivity contribution in [2.45, 2.75) is 19.4 Å². The first-order chi connectivity index (χ1) is 9.27. The van der Waals surface area contributed by atoms with Crippen LogP contribution in [0.5, 0.6) is 0 Å². The van der Waals surface area contributed by atoms with Crippen LogP contribution in [0.3, 0.4) is 0 Å². The lowest BCUT2D eigenvalue weighted by Crippen LogP contribution is -1.99. The Morgan fingerprint density at radius 2 is 2.16 bits per heavy atom. The van der Waals surface area contributed by atoms with Crippen LogP contribution in [-0.2, 0) is 11.3 Å². The molecule has 1 amide bonds. The monoisotopic (exact) mass is 260 g/mol. The molecule has 0 atom stereocenters. The van der Waals surface area contributed by atoms with Gasteiger partial charge < -0.3 is 9.30 Å². The highest BCUT2D eigenvalue weighted by Crippen LogP contribution is 2.21. The van der Waals surface area contributed by atoms with Crippen LogP contribution in [-0.4, -0.2) is 24.2 Å². The SMILES string of the molecule is COCCCCn1ccc2c(C(=O)N=O)cccc21. The van der Waals surface area contributed by atoms with Gasteiger partial charge in [-0.05, 0) is 31.0 Å². The zero-order valence-electron chi connectivity index (χ0n) is 10.8. The molecule has 0 saturated heterocycles. The molecule has 0 spiro atoms. The lowest BCUT2D eigenvalue weighted by atomic mass is 10.1. The molecule has 0 saturated carbocycles. The van der Waals surface area contributed by atoms with Gasteiger partial charge in [0.15, 0.2) is 0 Å². The maximum Gasteiger partial charge on any atom is 0.317 e. The number of hydrogen-bond donors (Lipinski definition) is 0. The van der Waals surface area contributed by atoms with E-state index in [9.17, 15) is 9.70 Å². The number of hydrogen-bond acceptors (Lipinski definition) is 3. The molecule has 0 fully saturated rings. The molecule has 0 aliphatic carbocycles. The number of nitroso groups, excluding NO2 is 1. The average Bonchev–Trinajstić information content (AvgIpc) is 2.86. The van der Waals surface area contributed by atoms with Gasteiger partial charge in [-0.2, -0.15) is 0 Å². The van der Waals surface area contributed by atoms with Gasteiger partial charge in [0.05, 0.1) is 5.56 Å². The van der Waals surface area contributed by atoms with Crippen molar-refractivity contribution in [1.29, 1.82) is 0 Å². The number of methoxy groups -OCH3 is 1. The van der Waals surface area contributed by atoms with Crippen LogP contribution in [0.1, 0.15) is 23.2 Å². The maximum absolute atomic E-state index is 11.4. The van der Waals surface area contributed by atoms with Crippen LogP contribution in [0.2, 0.25) is 0 Å². The number of rotatable bonds is 6. The molecule has 100 valence electrons. The van der Waals surface area contributed by atoms with Crippen molar-refractivity contribution in [2.24, 2.45) is 5.18 Å². The van der Waals surface area contributed by atoms with Crippen molar-refractivity contribution in [2.75, 3.05) is 13.7 Å².